The van der Waals surface area contributed by atoms with Gasteiger partial charge in [0.25, 0.3) is 0 Å². The molecule has 1 saturated carbocycles. The molecule has 0 bridgehead atoms. The molecule has 2 unspecified atom stereocenters. The van der Waals surface area contributed by atoms with Gasteiger partial charge in [-0.15, -0.1) is 11.3 Å². The van der Waals surface area contributed by atoms with Gasteiger partial charge < -0.3 is 14.4 Å². The van der Waals surface area contributed by atoms with E-state index in [4.69, 9.17) is 0 Å². The summed E-state index contributed by atoms with van der Waals surface area (Å²) in [5.74, 6) is 0.879. The number of carbonyl (C=O) groups is 2. The molecule has 2 amide bonds. The molecule has 1 aliphatic carbocycles. The van der Waals surface area contributed by atoms with Crippen LogP contribution >= 0.6 is 11.3 Å². The highest BCUT2D eigenvalue weighted by Gasteiger charge is 2.46. The van der Waals surface area contributed by atoms with Crippen molar-refractivity contribution in [3.63, 3.8) is 0 Å². The summed E-state index contributed by atoms with van der Waals surface area (Å²) in [5, 5.41) is 2.07. The van der Waals surface area contributed by atoms with Gasteiger partial charge in [-0.2, -0.15) is 0 Å². The quantitative estimate of drug-likeness (QED) is 0.683. The second-order valence-electron chi connectivity index (χ2n) is 7.53. The lowest BCUT2D eigenvalue weighted by atomic mass is 10.2. The van der Waals surface area contributed by atoms with Crippen molar-refractivity contribution in [3.05, 3.63) is 53.0 Å². The van der Waals surface area contributed by atoms with Crippen molar-refractivity contribution in [3.8, 4) is 0 Å². The molecule has 3 aromatic rings. The van der Waals surface area contributed by atoms with E-state index in [-0.39, 0.29) is 24.3 Å². The zero-order valence-electron chi connectivity index (χ0n) is 15.5. The maximum Gasteiger partial charge on any atom is 0.242 e. The maximum atomic E-state index is 12.8. The summed E-state index contributed by atoms with van der Waals surface area (Å²) in [6, 6.07) is 12.0. The zero-order valence-corrected chi connectivity index (χ0v) is 16.3. The molecule has 2 aromatic heterocycles. The van der Waals surface area contributed by atoms with E-state index in [2.05, 4.69) is 16.4 Å². The lowest BCUT2D eigenvalue weighted by Crippen LogP contribution is -2.51. The van der Waals surface area contributed by atoms with Crippen LogP contribution in [-0.4, -0.2) is 57.3 Å². The third-order valence-corrected chi connectivity index (χ3v) is 6.80. The van der Waals surface area contributed by atoms with E-state index in [0.29, 0.717) is 32.1 Å². The van der Waals surface area contributed by atoms with Crippen molar-refractivity contribution in [2.75, 3.05) is 26.2 Å². The van der Waals surface area contributed by atoms with Crippen molar-refractivity contribution in [1.29, 1.82) is 0 Å². The fourth-order valence-electron chi connectivity index (χ4n) is 4.08. The molecular formula is C21H22N4O2S. The Morgan fingerprint density at radius 3 is 2.61 bits per heavy atom. The molecule has 2 aliphatic rings. The number of rotatable bonds is 4. The monoisotopic (exact) mass is 394 g/mol. The molecule has 7 heteroatoms. The van der Waals surface area contributed by atoms with Gasteiger partial charge in [-0.25, -0.2) is 4.98 Å². The Hall–Kier alpha value is -2.67. The molecule has 2 atom stereocenters. The first-order valence-corrected chi connectivity index (χ1v) is 10.6. The number of benzene rings is 1. The molecular weight excluding hydrogens is 372 g/mol. The third kappa shape index (κ3) is 3.20. The summed E-state index contributed by atoms with van der Waals surface area (Å²) in [5.41, 5.74) is 1.87. The van der Waals surface area contributed by atoms with Gasteiger partial charge >= 0.3 is 0 Å². The van der Waals surface area contributed by atoms with E-state index in [0.717, 1.165) is 17.5 Å². The van der Waals surface area contributed by atoms with Gasteiger partial charge in [0.1, 0.15) is 6.54 Å². The van der Waals surface area contributed by atoms with Crippen LogP contribution in [0.25, 0.3) is 11.0 Å². The van der Waals surface area contributed by atoms with Crippen molar-refractivity contribution in [2.45, 2.75) is 18.9 Å². The number of aromatic nitrogens is 2. The highest BCUT2D eigenvalue weighted by Crippen LogP contribution is 2.50. The van der Waals surface area contributed by atoms with Crippen molar-refractivity contribution in [2.24, 2.45) is 5.92 Å². The van der Waals surface area contributed by atoms with E-state index < -0.39 is 0 Å². The molecule has 1 aliphatic heterocycles. The average molecular weight is 395 g/mol. The molecule has 28 heavy (non-hydrogen) atoms. The second-order valence-corrected chi connectivity index (χ2v) is 8.51. The minimum atomic E-state index is 0.0816. The zero-order chi connectivity index (χ0) is 19.1. The Morgan fingerprint density at radius 1 is 1.04 bits per heavy atom. The molecule has 0 spiro atoms. The highest BCUT2D eigenvalue weighted by atomic mass is 32.1. The second kappa shape index (κ2) is 7.05. The summed E-state index contributed by atoms with van der Waals surface area (Å²) in [4.78, 5) is 34.9. The van der Waals surface area contributed by atoms with Gasteiger partial charge in [-0.1, -0.05) is 18.2 Å². The first-order chi connectivity index (χ1) is 13.7. The number of piperazine rings is 1. The largest absolute Gasteiger partial charge is 0.339 e. The van der Waals surface area contributed by atoms with Gasteiger partial charge in [-0.3, -0.25) is 9.59 Å². The van der Waals surface area contributed by atoms with Crippen LogP contribution in [0, 0.1) is 5.92 Å². The molecule has 0 N–H and O–H groups in total. The number of para-hydroxylation sites is 2. The van der Waals surface area contributed by atoms with Crippen molar-refractivity contribution in [1.82, 2.24) is 19.4 Å². The van der Waals surface area contributed by atoms with E-state index in [1.807, 2.05) is 44.7 Å². The lowest BCUT2D eigenvalue weighted by molar-refractivity contribution is -0.140. The molecule has 144 valence electrons. The van der Waals surface area contributed by atoms with Crippen LogP contribution in [-0.2, 0) is 16.1 Å². The predicted molar refractivity (Wildman–Crippen MR) is 108 cm³/mol. The van der Waals surface area contributed by atoms with Crippen LogP contribution in [0.1, 0.15) is 17.2 Å². The predicted octanol–water partition coefficient (Wildman–Crippen LogP) is 2.57. The fourth-order valence-corrected chi connectivity index (χ4v) is 4.98. The maximum absolute atomic E-state index is 12.8. The lowest BCUT2D eigenvalue weighted by Gasteiger charge is -2.35. The highest BCUT2D eigenvalue weighted by molar-refractivity contribution is 7.10. The van der Waals surface area contributed by atoms with Crippen LogP contribution in [0.5, 0.6) is 0 Å². The number of hydrogen-bond donors (Lipinski definition) is 0. The third-order valence-electron chi connectivity index (χ3n) is 5.79. The SMILES string of the molecule is O=C(Cn1cnc2ccccc21)N1CCN(C(=O)C2CC2c2cccs2)CC1. The number of hydrogen-bond acceptors (Lipinski definition) is 4. The molecule has 0 radical (unpaired) electrons. The van der Waals surface area contributed by atoms with Crippen LogP contribution in [0.4, 0.5) is 0 Å². The van der Waals surface area contributed by atoms with Gasteiger partial charge in [0.05, 0.1) is 17.4 Å². The van der Waals surface area contributed by atoms with Crippen LogP contribution < -0.4 is 0 Å². The minimum Gasteiger partial charge on any atom is -0.339 e. The Bertz CT molecular complexity index is 1000. The van der Waals surface area contributed by atoms with E-state index in [1.54, 1.807) is 17.7 Å². The Kier molecular flexibility index (Phi) is 4.39. The molecule has 2 fully saturated rings. The fraction of sp³-hybridized carbons (Fsp3) is 0.381. The van der Waals surface area contributed by atoms with Crippen molar-refractivity contribution < 1.29 is 9.59 Å². The molecule has 6 nitrogen and oxygen atoms in total. The number of nitrogens with zero attached hydrogens (tertiary/aromatic N) is 4. The first kappa shape index (κ1) is 17.4. The standard InChI is InChI=1S/C21H22N4O2S/c26-20(13-25-14-22-17-4-1-2-5-18(17)25)23-7-9-24(10-8-23)21(27)16-12-15(16)19-6-3-11-28-19/h1-6,11,14-16H,7-10,12-13H2. The number of carbonyl (C=O) groups excluding carboxylic acids is 2. The van der Waals surface area contributed by atoms with E-state index in [9.17, 15) is 9.59 Å². The van der Waals surface area contributed by atoms with Crippen molar-refractivity contribution >= 4 is 34.2 Å². The Morgan fingerprint density at radius 2 is 1.82 bits per heavy atom. The van der Waals surface area contributed by atoms with Crippen LogP contribution in [0.3, 0.4) is 0 Å². The van der Waals surface area contributed by atoms with Crippen LogP contribution in [0.15, 0.2) is 48.1 Å². The molecule has 3 heterocycles. The summed E-state index contributed by atoms with van der Waals surface area (Å²) >= 11 is 1.74. The minimum absolute atomic E-state index is 0.0816. The molecule has 1 saturated heterocycles. The summed E-state index contributed by atoms with van der Waals surface area (Å²) in [6.07, 6.45) is 2.69. The number of fused-ring (bicyclic) bond motifs is 1. The van der Waals surface area contributed by atoms with Crippen LogP contribution in [0.2, 0.25) is 0 Å². The summed E-state index contributed by atoms with van der Waals surface area (Å²) in [7, 11) is 0. The van der Waals surface area contributed by atoms with Gasteiger partial charge in [0.2, 0.25) is 11.8 Å². The number of thiophene rings is 1. The van der Waals surface area contributed by atoms with Gasteiger partial charge in [0.15, 0.2) is 0 Å². The average Bonchev–Trinajstić information content (AvgIpc) is 3.14. The Labute approximate surface area is 167 Å². The molecule has 5 rings (SSSR count). The number of amides is 2. The van der Waals surface area contributed by atoms with E-state index >= 15 is 0 Å². The van der Waals surface area contributed by atoms with Gasteiger partial charge in [0, 0.05) is 42.9 Å². The number of imidazole rings is 1. The van der Waals surface area contributed by atoms with E-state index in [1.165, 1.54) is 4.88 Å². The Balaban J connectivity index is 1.16. The smallest absolute Gasteiger partial charge is 0.242 e. The molecule has 1 aromatic carbocycles. The first-order valence-electron chi connectivity index (χ1n) is 9.70. The summed E-state index contributed by atoms with van der Waals surface area (Å²) < 4.78 is 1.89. The van der Waals surface area contributed by atoms with Gasteiger partial charge in [-0.05, 0) is 30.0 Å². The topological polar surface area (TPSA) is 58.4 Å². The summed E-state index contributed by atoms with van der Waals surface area (Å²) in [6.45, 7) is 2.75. The normalized spacial score (nSPS) is 21.9.